The summed E-state index contributed by atoms with van der Waals surface area (Å²) in [6.07, 6.45) is 0.918. The van der Waals surface area contributed by atoms with Gasteiger partial charge in [-0.15, -0.1) is 0 Å². The van der Waals surface area contributed by atoms with E-state index in [9.17, 15) is 0 Å². The van der Waals surface area contributed by atoms with E-state index >= 15 is 0 Å². The summed E-state index contributed by atoms with van der Waals surface area (Å²) >= 11 is 0. The Labute approximate surface area is 243 Å². The summed E-state index contributed by atoms with van der Waals surface area (Å²) in [6.45, 7) is 4.69. The Morgan fingerprint density at radius 3 is 1.49 bits per heavy atom. The number of fused-ring (bicyclic) bond motifs is 6. The molecule has 0 aliphatic heterocycles. The topological polar surface area (TPSA) is 0 Å². The monoisotopic (exact) mass is 524 g/mol. The van der Waals surface area contributed by atoms with Gasteiger partial charge < -0.3 is 0 Å². The molecule has 41 heavy (non-hydrogen) atoms. The quantitative estimate of drug-likeness (QED) is 0.215. The molecule has 8 rings (SSSR count). The Morgan fingerprint density at radius 2 is 0.854 bits per heavy atom. The van der Waals surface area contributed by atoms with E-state index in [4.69, 9.17) is 0 Å². The van der Waals surface area contributed by atoms with Crippen LogP contribution in [0.1, 0.15) is 58.4 Å². The standard InChI is InChI=1S/C41H32/c1-40(2)36-17-9-6-16-34(36)35-27-29(22-25-37(35)40)26-28-20-23-31(24-21-28)41(30-12-4-3-5-13-30)38-18-10-7-14-32(38)33-15-8-11-19-39(33)41/h3-25,27H,26H2,1-2H3. The van der Waals surface area contributed by atoms with Gasteiger partial charge in [0.15, 0.2) is 0 Å². The zero-order valence-electron chi connectivity index (χ0n) is 23.6. The molecule has 6 aromatic carbocycles. The number of benzene rings is 6. The first kappa shape index (κ1) is 24.1. The molecular weight excluding hydrogens is 492 g/mol. The van der Waals surface area contributed by atoms with Crippen LogP contribution in [0.15, 0.2) is 146 Å². The molecule has 0 atom stereocenters. The molecule has 0 unspecified atom stereocenters. The van der Waals surface area contributed by atoms with E-state index in [2.05, 4.69) is 159 Å². The van der Waals surface area contributed by atoms with E-state index in [-0.39, 0.29) is 10.8 Å². The normalized spacial score (nSPS) is 15.1. The maximum atomic E-state index is 2.42. The Balaban J connectivity index is 1.22. The van der Waals surface area contributed by atoms with E-state index in [1.807, 2.05) is 0 Å². The van der Waals surface area contributed by atoms with Gasteiger partial charge in [0.05, 0.1) is 5.41 Å². The van der Waals surface area contributed by atoms with Gasteiger partial charge in [-0.2, -0.15) is 0 Å². The first-order valence-electron chi connectivity index (χ1n) is 14.7. The molecule has 0 saturated heterocycles. The van der Waals surface area contributed by atoms with Crippen molar-refractivity contribution < 1.29 is 0 Å². The minimum Gasteiger partial charge on any atom is -0.0622 e. The molecule has 0 radical (unpaired) electrons. The fourth-order valence-corrected chi connectivity index (χ4v) is 7.70. The lowest BCUT2D eigenvalue weighted by molar-refractivity contribution is 0.660. The van der Waals surface area contributed by atoms with Crippen LogP contribution in [0, 0.1) is 0 Å². The van der Waals surface area contributed by atoms with Gasteiger partial charge in [0, 0.05) is 5.41 Å². The zero-order chi connectivity index (χ0) is 27.6. The summed E-state index contributed by atoms with van der Waals surface area (Å²) in [4.78, 5) is 0. The van der Waals surface area contributed by atoms with Gasteiger partial charge in [0.2, 0.25) is 0 Å². The predicted molar refractivity (Wildman–Crippen MR) is 171 cm³/mol. The van der Waals surface area contributed by atoms with Gasteiger partial charge in [-0.25, -0.2) is 0 Å². The first-order valence-corrected chi connectivity index (χ1v) is 14.7. The molecular formula is C41H32. The molecule has 2 aliphatic rings. The van der Waals surface area contributed by atoms with Crippen molar-refractivity contribution in [3.05, 3.63) is 190 Å². The van der Waals surface area contributed by atoms with Crippen LogP contribution in [0.4, 0.5) is 0 Å². The predicted octanol–water partition coefficient (Wildman–Crippen LogP) is 9.95. The molecule has 2 aliphatic carbocycles. The maximum absolute atomic E-state index is 2.42. The minimum absolute atomic E-state index is 0.0473. The van der Waals surface area contributed by atoms with Gasteiger partial charge in [-0.3, -0.25) is 0 Å². The number of rotatable bonds is 4. The fraction of sp³-hybridized carbons (Fsp3) is 0.122. The van der Waals surface area contributed by atoms with Crippen molar-refractivity contribution in [2.45, 2.75) is 31.1 Å². The molecule has 0 heteroatoms. The highest BCUT2D eigenvalue weighted by molar-refractivity contribution is 5.86. The van der Waals surface area contributed by atoms with Crippen molar-refractivity contribution >= 4 is 0 Å². The fourth-order valence-electron chi connectivity index (χ4n) is 7.70. The van der Waals surface area contributed by atoms with Crippen molar-refractivity contribution in [1.29, 1.82) is 0 Å². The lowest BCUT2D eigenvalue weighted by atomic mass is 9.67. The number of hydrogen-bond donors (Lipinski definition) is 0. The molecule has 0 bridgehead atoms. The minimum atomic E-state index is -0.337. The average molecular weight is 525 g/mol. The van der Waals surface area contributed by atoms with Crippen molar-refractivity contribution in [1.82, 2.24) is 0 Å². The molecule has 0 amide bonds. The molecule has 6 aromatic rings. The maximum Gasteiger partial charge on any atom is 0.0713 e. The van der Waals surface area contributed by atoms with Crippen molar-refractivity contribution in [3.8, 4) is 22.3 Å². The van der Waals surface area contributed by atoms with Crippen molar-refractivity contribution in [2.24, 2.45) is 0 Å². The van der Waals surface area contributed by atoms with Crippen LogP contribution in [0.2, 0.25) is 0 Å². The molecule has 0 N–H and O–H groups in total. The highest BCUT2D eigenvalue weighted by atomic mass is 14.5. The van der Waals surface area contributed by atoms with E-state index < -0.39 is 0 Å². The van der Waals surface area contributed by atoms with Crippen molar-refractivity contribution in [2.75, 3.05) is 0 Å². The van der Waals surface area contributed by atoms with Crippen molar-refractivity contribution in [3.63, 3.8) is 0 Å². The average Bonchev–Trinajstić information content (AvgIpc) is 3.45. The summed E-state index contributed by atoms with van der Waals surface area (Å²) in [5.41, 5.74) is 16.0. The Hall–Kier alpha value is -4.68. The third kappa shape index (κ3) is 3.40. The van der Waals surface area contributed by atoms with E-state index in [0.29, 0.717) is 0 Å². The SMILES string of the molecule is CC1(C)c2ccccc2-c2cc(Cc3ccc(C4(c5ccccc5)c5ccccc5-c5ccccc54)cc3)ccc21. The van der Waals surface area contributed by atoms with Gasteiger partial charge >= 0.3 is 0 Å². The highest BCUT2D eigenvalue weighted by Crippen LogP contribution is 2.56. The van der Waals surface area contributed by atoms with Crippen LogP contribution < -0.4 is 0 Å². The molecule has 0 spiro atoms. The summed E-state index contributed by atoms with van der Waals surface area (Å²) < 4.78 is 0. The van der Waals surface area contributed by atoms with E-state index in [0.717, 1.165) is 6.42 Å². The Bertz CT molecular complexity index is 1880. The zero-order valence-corrected chi connectivity index (χ0v) is 23.6. The summed E-state index contributed by atoms with van der Waals surface area (Å²) in [5, 5.41) is 0. The summed E-state index contributed by atoms with van der Waals surface area (Å²) in [5.74, 6) is 0. The van der Waals surface area contributed by atoms with Crippen LogP contribution in [0.3, 0.4) is 0 Å². The third-order valence-electron chi connectivity index (χ3n) is 9.60. The highest BCUT2D eigenvalue weighted by Gasteiger charge is 2.45. The van der Waals surface area contributed by atoms with Gasteiger partial charge in [-0.05, 0) is 73.2 Å². The summed E-state index contributed by atoms with van der Waals surface area (Å²) in [6, 6.07) is 54.3. The van der Waals surface area contributed by atoms with Gasteiger partial charge in [-0.1, -0.05) is 159 Å². The van der Waals surface area contributed by atoms with Gasteiger partial charge in [0.1, 0.15) is 0 Å². The second kappa shape index (κ2) is 8.91. The Morgan fingerprint density at radius 1 is 0.390 bits per heavy atom. The molecule has 0 saturated carbocycles. The third-order valence-corrected chi connectivity index (χ3v) is 9.60. The summed E-state index contributed by atoms with van der Waals surface area (Å²) in [7, 11) is 0. The lowest BCUT2D eigenvalue weighted by Crippen LogP contribution is -2.28. The van der Waals surface area contributed by atoms with Crippen LogP contribution in [-0.2, 0) is 17.3 Å². The van der Waals surface area contributed by atoms with Gasteiger partial charge in [0.25, 0.3) is 0 Å². The molecule has 0 heterocycles. The van der Waals surface area contributed by atoms with Crippen LogP contribution in [0.5, 0.6) is 0 Å². The second-order valence-corrected chi connectivity index (χ2v) is 12.1. The molecule has 0 fully saturated rings. The largest absolute Gasteiger partial charge is 0.0713 e. The van der Waals surface area contributed by atoms with Crippen LogP contribution in [-0.4, -0.2) is 0 Å². The second-order valence-electron chi connectivity index (χ2n) is 12.1. The van der Waals surface area contributed by atoms with Crippen LogP contribution in [0.25, 0.3) is 22.3 Å². The van der Waals surface area contributed by atoms with Crippen LogP contribution >= 0.6 is 0 Å². The Kier molecular flexibility index (Phi) is 5.25. The molecule has 0 aromatic heterocycles. The number of hydrogen-bond acceptors (Lipinski definition) is 0. The smallest absolute Gasteiger partial charge is 0.0622 e. The lowest BCUT2D eigenvalue weighted by Gasteiger charge is -2.34. The van der Waals surface area contributed by atoms with E-state index in [1.54, 1.807) is 0 Å². The first-order chi connectivity index (χ1) is 20.1. The van der Waals surface area contributed by atoms with E-state index in [1.165, 1.54) is 66.8 Å². The molecule has 196 valence electrons. The molecule has 0 nitrogen and oxygen atoms in total.